The lowest BCUT2D eigenvalue weighted by Gasteiger charge is -2.35. The summed E-state index contributed by atoms with van der Waals surface area (Å²) in [6.07, 6.45) is 5.42. The van der Waals surface area contributed by atoms with Crippen molar-refractivity contribution in [1.29, 1.82) is 0 Å². The normalized spacial score (nSPS) is 20.5. The van der Waals surface area contributed by atoms with Gasteiger partial charge in [-0.25, -0.2) is 28.7 Å². The molecule has 10 heteroatoms. The fraction of sp³-hybridized carbons (Fsp3) is 0.448. The highest BCUT2D eigenvalue weighted by molar-refractivity contribution is 5.83. The van der Waals surface area contributed by atoms with Crippen LogP contribution in [0.3, 0.4) is 0 Å². The number of aromatic nitrogens is 5. The molecule has 3 aromatic heterocycles. The third kappa shape index (κ3) is 4.87. The molecular weight excluding hydrogens is 498 g/mol. The van der Waals surface area contributed by atoms with Crippen LogP contribution in [0.25, 0.3) is 22.3 Å². The van der Waals surface area contributed by atoms with Gasteiger partial charge in [0.15, 0.2) is 11.6 Å². The molecule has 1 aromatic carbocycles. The smallest absolute Gasteiger partial charge is 0.229 e. The van der Waals surface area contributed by atoms with Crippen molar-refractivity contribution >= 4 is 22.8 Å². The summed E-state index contributed by atoms with van der Waals surface area (Å²) in [6.45, 7) is 12.7. The lowest BCUT2D eigenvalue weighted by molar-refractivity contribution is 0.141. The summed E-state index contributed by atoms with van der Waals surface area (Å²) in [5, 5.41) is 3.08. The van der Waals surface area contributed by atoms with Crippen molar-refractivity contribution in [2.24, 2.45) is 0 Å². The van der Waals surface area contributed by atoms with E-state index in [9.17, 15) is 4.39 Å². The molecule has 8 nitrogen and oxygen atoms in total. The van der Waals surface area contributed by atoms with Gasteiger partial charge in [0.25, 0.3) is 0 Å². The summed E-state index contributed by atoms with van der Waals surface area (Å²) >= 11 is 0. The van der Waals surface area contributed by atoms with Gasteiger partial charge in [0.1, 0.15) is 22.9 Å². The summed E-state index contributed by atoms with van der Waals surface area (Å²) in [5.74, 6) is 0.297. The third-order valence-corrected chi connectivity index (χ3v) is 8.17. The number of rotatable bonds is 6. The lowest BCUT2D eigenvalue weighted by Crippen LogP contribution is -2.39. The molecule has 1 N–H and O–H groups in total. The summed E-state index contributed by atoms with van der Waals surface area (Å²) in [6, 6.07) is 7.93. The summed E-state index contributed by atoms with van der Waals surface area (Å²) < 4.78 is 31.8. The Morgan fingerprint density at radius 1 is 0.923 bits per heavy atom. The summed E-state index contributed by atoms with van der Waals surface area (Å²) in [7, 11) is 0. The molecule has 204 valence electrons. The average Bonchev–Trinajstić information content (AvgIpc) is 3.04. The number of piperidine rings is 1. The van der Waals surface area contributed by atoms with Crippen LogP contribution in [0.5, 0.6) is 0 Å². The molecule has 2 bridgehead atoms. The molecule has 0 saturated carbocycles. The number of nitrogens with one attached hydrogen (secondary N) is 1. The predicted octanol–water partition coefficient (Wildman–Crippen LogP) is 5.64. The van der Waals surface area contributed by atoms with E-state index in [2.05, 4.69) is 48.0 Å². The monoisotopic (exact) mass is 532 g/mol. The maximum atomic E-state index is 15.0. The van der Waals surface area contributed by atoms with Gasteiger partial charge in [-0.2, -0.15) is 0 Å². The van der Waals surface area contributed by atoms with Gasteiger partial charge in [-0.1, -0.05) is 6.07 Å². The molecule has 39 heavy (non-hydrogen) atoms. The van der Waals surface area contributed by atoms with E-state index in [1.54, 1.807) is 6.07 Å². The SMILES string of the molecule is Cc1nc2c(F)cc(-c3nc(Nc4ccc([C@@H](C)N5CCN6CCC5CC6)cn4)ncc3F)cc2n1C(C)C. The Hall–Kier alpha value is -3.50. The first-order chi connectivity index (χ1) is 18.8. The number of halogens is 2. The molecule has 3 aliphatic heterocycles. The first kappa shape index (κ1) is 25.8. The van der Waals surface area contributed by atoms with E-state index in [4.69, 9.17) is 0 Å². The Kier molecular flexibility index (Phi) is 6.76. The van der Waals surface area contributed by atoms with E-state index < -0.39 is 11.6 Å². The van der Waals surface area contributed by atoms with Crippen LogP contribution in [-0.2, 0) is 0 Å². The molecule has 3 aliphatic rings. The lowest BCUT2D eigenvalue weighted by atomic mass is 10.0. The van der Waals surface area contributed by atoms with Gasteiger partial charge in [-0.3, -0.25) is 4.90 Å². The van der Waals surface area contributed by atoms with Crippen molar-refractivity contribution in [3.8, 4) is 11.3 Å². The minimum absolute atomic E-state index is 0.0134. The van der Waals surface area contributed by atoms with Crippen molar-refractivity contribution in [3.63, 3.8) is 0 Å². The minimum atomic E-state index is -0.633. The van der Waals surface area contributed by atoms with E-state index in [0.29, 0.717) is 28.8 Å². The molecule has 4 aromatic rings. The number of nitrogens with zero attached hydrogens (tertiary/aromatic N) is 7. The zero-order valence-corrected chi connectivity index (χ0v) is 22.8. The van der Waals surface area contributed by atoms with Crippen LogP contribution in [0.15, 0.2) is 36.7 Å². The molecule has 6 heterocycles. The number of anilines is 2. The third-order valence-electron chi connectivity index (χ3n) is 8.17. The van der Waals surface area contributed by atoms with Gasteiger partial charge in [0.05, 0.1) is 11.7 Å². The summed E-state index contributed by atoms with van der Waals surface area (Å²) in [5.41, 5.74) is 2.36. The van der Waals surface area contributed by atoms with Gasteiger partial charge in [0.2, 0.25) is 5.95 Å². The van der Waals surface area contributed by atoms with Crippen LogP contribution in [0.1, 0.15) is 57.1 Å². The number of fused-ring (bicyclic) bond motifs is 5. The second-order valence-electron chi connectivity index (χ2n) is 10.9. The van der Waals surface area contributed by atoms with Crippen molar-refractivity contribution in [1.82, 2.24) is 34.3 Å². The zero-order chi connectivity index (χ0) is 27.3. The molecule has 3 fully saturated rings. The Bertz CT molecular complexity index is 1490. The van der Waals surface area contributed by atoms with Crippen LogP contribution in [0.4, 0.5) is 20.5 Å². The topological polar surface area (TPSA) is 75.0 Å². The van der Waals surface area contributed by atoms with E-state index in [-0.39, 0.29) is 29.2 Å². The number of benzene rings is 1. The van der Waals surface area contributed by atoms with Gasteiger partial charge < -0.3 is 14.8 Å². The molecule has 0 unspecified atom stereocenters. The largest absolute Gasteiger partial charge is 0.326 e. The quantitative estimate of drug-likeness (QED) is 0.344. The molecule has 7 rings (SSSR count). The van der Waals surface area contributed by atoms with Crippen LogP contribution in [-0.4, -0.2) is 66.5 Å². The second-order valence-corrected chi connectivity index (χ2v) is 10.9. The van der Waals surface area contributed by atoms with E-state index >= 15 is 4.39 Å². The molecule has 0 spiro atoms. The molecule has 1 atom stereocenters. The molecule has 3 saturated heterocycles. The number of pyridine rings is 1. The van der Waals surface area contributed by atoms with Gasteiger partial charge in [-0.15, -0.1) is 0 Å². The van der Waals surface area contributed by atoms with Crippen LogP contribution < -0.4 is 5.32 Å². The van der Waals surface area contributed by atoms with Gasteiger partial charge in [-0.05, 0) is 77.4 Å². The Morgan fingerprint density at radius 3 is 2.44 bits per heavy atom. The number of aryl methyl sites for hydroxylation is 1. The molecule has 0 aliphatic carbocycles. The Balaban J connectivity index is 1.24. The molecule has 0 radical (unpaired) electrons. The Labute approximate surface area is 227 Å². The second kappa shape index (κ2) is 10.2. The standard InChI is InChI=1S/C29H34F2N8/c1-17(2)39-19(4)34-28-23(30)13-21(14-25(28)39)27-24(31)16-33-29(36-27)35-26-6-5-20(15-32-26)18(3)38-12-11-37-9-7-22(38)8-10-37/h5-6,13-18,22H,7-12H2,1-4H3,(H,32,33,35,36)/t18-/m1/s1. The average molecular weight is 533 g/mol. The van der Waals surface area contributed by atoms with E-state index in [0.717, 1.165) is 24.8 Å². The number of imidazole rings is 1. The van der Waals surface area contributed by atoms with Crippen LogP contribution >= 0.6 is 0 Å². The van der Waals surface area contributed by atoms with Gasteiger partial charge in [0, 0.05) is 43.0 Å². The van der Waals surface area contributed by atoms with Gasteiger partial charge >= 0.3 is 0 Å². The number of hydrogen-bond acceptors (Lipinski definition) is 7. The van der Waals surface area contributed by atoms with Crippen molar-refractivity contribution in [2.75, 3.05) is 31.5 Å². The maximum Gasteiger partial charge on any atom is 0.229 e. The van der Waals surface area contributed by atoms with E-state index in [1.165, 1.54) is 32.0 Å². The number of hydrogen-bond donors (Lipinski definition) is 1. The fourth-order valence-electron chi connectivity index (χ4n) is 6.14. The molecular formula is C29H34F2N8. The van der Waals surface area contributed by atoms with Crippen molar-refractivity contribution < 1.29 is 8.78 Å². The van der Waals surface area contributed by atoms with Crippen LogP contribution in [0, 0.1) is 18.6 Å². The zero-order valence-electron chi connectivity index (χ0n) is 22.8. The van der Waals surface area contributed by atoms with Crippen molar-refractivity contribution in [2.45, 2.75) is 58.7 Å². The minimum Gasteiger partial charge on any atom is -0.326 e. The summed E-state index contributed by atoms with van der Waals surface area (Å²) in [4.78, 5) is 22.6. The highest BCUT2D eigenvalue weighted by atomic mass is 19.1. The Morgan fingerprint density at radius 2 is 1.72 bits per heavy atom. The first-order valence-corrected chi connectivity index (χ1v) is 13.7. The van der Waals surface area contributed by atoms with Crippen LogP contribution in [0.2, 0.25) is 0 Å². The predicted molar refractivity (Wildman–Crippen MR) is 148 cm³/mol. The van der Waals surface area contributed by atoms with Crippen molar-refractivity contribution in [3.05, 3.63) is 59.7 Å². The maximum absolute atomic E-state index is 15.0. The molecule has 0 amide bonds. The highest BCUT2D eigenvalue weighted by Gasteiger charge is 2.32. The van der Waals surface area contributed by atoms with E-state index in [1.807, 2.05) is 37.6 Å². The fourth-order valence-corrected chi connectivity index (χ4v) is 6.14. The highest BCUT2D eigenvalue weighted by Crippen LogP contribution is 2.32. The first-order valence-electron chi connectivity index (χ1n) is 13.7.